The van der Waals surface area contributed by atoms with Crippen LogP contribution in [0.25, 0.3) is 10.2 Å². The Bertz CT molecular complexity index is 920. The third-order valence-electron chi connectivity index (χ3n) is 4.18. The van der Waals surface area contributed by atoms with Crippen LogP contribution < -0.4 is 4.80 Å². The van der Waals surface area contributed by atoms with Crippen molar-refractivity contribution in [3.8, 4) is 0 Å². The molecule has 0 fully saturated rings. The molecule has 4 heteroatoms. The number of carbonyl (C=O) groups is 1. The Morgan fingerprint density at radius 1 is 1.13 bits per heavy atom. The fourth-order valence-electron chi connectivity index (χ4n) is 2.69. The molecule has 0 atom stereocenters. The highest BCUT2D eigenvalue weighted by Crippen LogP contribution is 2.22. The molecule has 0 saturated carbocycles. The van der Waals surface area contributed by atoms with E-state index in [2.05, 4.69) is 31.0 Å². The third-order valence-corrected chi connectivity index (χ3v) is 5.28. The van der Waals surface area contributed by atoms with Crippen molar-refractivity contribution in [1.29, 1.82) is 0 Å². The molecule has 0 unspecified atom stereocenters. The number of nitrogens with zero attached hydrogens (tertiary/aromatic N) is 2. The number of amides is 1. The summed E-state index contributed by atoms with van der Waals surface area (Å²) in [6.07, 6.45) is 1.17. The van der Waals surface area contributed by atoms with Crippen LogP contribution in [0.15, 0.2) is 47.5 Å². The van der Waals surface area contributed by atoms with Gasteiger partial charge in [0.05, 0.1) is 10.2 Å². The van der Waals surface area contributed by atoms with Crippen molar-refractivity contribution < 1.29 is 4.79 Å². The molecule has 0 N–H and O–H groups in total. The highest BCUT2D eigenvalue weighted by molar-refractivity contribution is 7.16. The van der Waals surface area contributed by atoms with Crippen LogP contribution in [-0.2, 0) is 18.3 Å². The smallest absolute Gasteiger partial charge is 0.248 e. The Morgan fingerprint density at radius 3 is 2.61 bits per heavy atom. The van der Waals surface area contributed by atoms with E-state index in [4.69, 9.17) is 0 Å². The zero-order valence-electron chi connectivity index (χ0n) is 13.7. The Balaban J connectivity index is 1.87. The molecule has 23 heavy (non-hydrogen) atoms. The summed E-state index contributed by atoms with van der Waals surface area (Å²) in [5.74, 6) is -0.0645. The molecule has 2 aromatic carbocycles. The predicted molar refractivity (Wildman–Crippen MR) is 95.6 cm³/mol. The van der Waals surface area contributed by atoms with Crippen molar-refractivity contribution in [3.63, 3.8) is 0 Å². The van der Waals surface area contributed by atoms with E-state index >= 15 is 0 Å². The molecule has 1 heterocycles. The summed E-state index contributed by atoms with van der Waals surface area (Å²) in [7, 11) is 1.98. The summed E-state index contributed by atoms with van der Waals surface area (Å²) in [5.41, 5.74) is 4.85. The number of aryl methyl sites for hydroxylation is 4. The van der Waals surface area contributed by atoms with Gasteiger partial charge in [0, 0.05) is 13.5 Å². The maximum absolute atomic E-state index is 12.2. The van der Waals surface area contributed by atoms with Crippen LogP contribution >= 0.6 is 11.3 Å². The van der Waals surface area contributed by atoms with Gasteiger partial charge in [-0.15, -0.1) is 0 Å². The normalized spacial score (nSPS) is 12.0. The van der Waals surface area contributed by atoms with Gasteiger partial charge in [-0.1, -0.05) is 47.7 Å². The van der Waals surface area contributed by atoms with Crippen LogP contribution in [0.2, 0.25) is 0 Å². The summed E-state index contributed by atoms with van der Waals surface area (Å²) in [6.45, 7) is 4.22. The van der Waals surface area contributed by atoms with Gasteiger partial charge < -0.3 is 4.57 Å². The van der Waals surface area contributed by atoms with Gasteiger partial charge in [-0.2, -0.15) is 4.99 Å². The summed E-state index contributed by atoms with van der Waals surface area (Å²) in [4.78, 5) is 17.3. The van der Waals surface area contributed by atoms with Crippen molar-refractivity contribution in [2.75, 3.05) is 0 Å². The summed E-state index contributed by atoms with van der Waals surface area (Å²) >= 11 is 1.57. The molecule has 3 nitrogen and oxygen atoms in total. The van der Waals surface area contributed by atoms with Crippen LogP contribution in [-0.4, -0.2) is 10.5 Å². The number of rotatable bonds is 3. The number of fused-ring (bicyclic) bond motifs is 1. The van der Waals surface area contributed by atoms with E-state index < -0.39 is 0 Å². The van der Waals surface area contributed by atoms with E-state index in [9.17, 15) is 4.79 Å². The number of carbonyl (C=O) groups excluding carboxylic acids is 1. The Labute approximate surface area is 139 Å². The lowest BCUT2D eigenvalue weighted by atomic mass is 10.1. The van der Waals surface area contributed by atoms with Crippen molar-refractivity contribution in [2.45, 2.75) is 26.7 Å². The lowest BCUT2D eigenvalue weighted by molar-refractivity contribution is -0.118. The van der Waals surface area contributed by atoms with E-state index in [1.54, 1.807) is 11.3 Å². The van der Waals surface area contributed by atoms with E-state index in [0.717, 1.165) is 11.2 Å². The Morgan fingerprint density at radius 2 is 1.87 bits per heavy atom. The van der Waals surface area contributed by atoms with Gasteiger partial charge in [0.25, 0.3) is 0 Å². The van der Waals surface area contributed by atoms with Crippen molar-refractivity contribution in [1.82, 2.24) is 4.57 Å². The number of hydrogen-bond acceptors (Lipinski definition) is 2. The zero-order chi connectivity index (χ0) is 16.4. The molecule has 0 aliphatic carbocycles. The van der Waals surface area contributed by atoms with Crippen LogP contribution in [0.3, 0.4) is 0 Å². The van der Waals surface area contributed by atoms with E-state index in [1.807, 2.05) is 41.9 Å². The van der Waals surface area contributed by atoms with Gasteiger partial charge in [0.15, 0.2) is 4.80 Å². The first-order valence-corrected chi connectivity index (χ1v) is 8.55. The standard InChI is InChI=1S/C19H20N2OS/c1-13-9-11-16-18(14(13)2)21(3)19(23-16)20-17(22)12-10-15-7-5-4-6-8-15/h4-9,11H,10,12H2,1-3H3. The van der Waals surface area contributed by atoms with Gasteiger partial charge in [-0.25, -0.2) is 0 Å². The first kappa shape index (κ1) is 15.7. The highest BCUT2D eigenvalue weighted by Gasteiger charge is 2.09. The van der Waals surface area contributed by atoms with E-state index in [1.165, 1.54) is 26.9 Å². The Kier molecular flexibility index (Phi) is 4.44. The molecule has 3 rings (SSSR count). The molecule has 1 amide bonds. The average molecular weight is 324 g/mol. The fourth-order valence-corrected chi connectivity index (χ4v) is 3.79. The number of thiazole rings is 1. The lowest BCUT2D eigenvalue weighted by Gasteiger charge is -2.03. The van der Waals surface area contributed by atoms with Gasteiger partial charge >= 0.3 is 0 Å². The fraction of sp³-hybridized carbons (Fsp3) is 0.263. The SMILES string of the molecule is Cc1ccc2sc(=NC(=O)CCc3ccccc3)n(C)c2c1C. The van der Waals surface area contributed by atoms with Gasteiger partial charge in [-0.05, 0) is 43.0 Å². The minimum absolute atomic E-state index is 0.0645. The van der Waals surface area contributed by atoms with Crippen molar-refractivity contribution in [2.24, 2.45) is 12.0 Å². The maximum atomic E-state index is 12.2. The van der Waals surface area contributed by atoms with Crippen LogP contribution in [0.5, 0.6) is 0 Å². The zero-order valence-corrected chi connectivity index (χ0v) is 14.5. The molecule has 0 aliphatic rings. The van der Waals surface area contributed by atoms with Crippen molar-refractivity contribution in [3.05, 3.63) is 64.0 Å². The molecule has 3 aromatic rings. The number of benzene rings is 2. The summed E-state index contributed by atoms with van der Waals surface area (Å²) < 4.78 is 3.20. The molecule has 0 bridgehead atoms. The second-order valence-electron chi connectivity index (χ2n) is 5.79. The molecule has 0 radical (unpaired) electrons. The van der Waals surface area contributed by atoms with Crippen LogP contribution in [0.1, 0.15) is 23.1 Å². The average Bonchev–Trinajstić information content (AvgIpc) is 2.87. The molecule has 0 saturated heterocycles. The summed E-state index contributed by atoms with van der Waals surface area (Å²) in [5, 5.41) is 0. The second-order valence-corrected chi connectivity index (χ2v) is 6.80. The number of hydrogen-bond donors (Lipinski definition) is 0. The largest absolute Gasteiger partial charge is 0.319 e. The first-order valence-electron chi connectivity index (χ1n) is 7.73. The monoisotopic (exact) mass is 324 g/mol. The van der Waals surface area contributed by atoms with Crippen LogP contribution in [0.4, 0.5) is 0 Å². The topological polar surface area (TPSA) is 34.4 Å². The Hall–Kier alpha value is -2.20. The molecule has 118 valence electrons. The second kappa shape index (κ2) is 6.50. The number of aromatic nitrogens is 1. The summed E-state index contributed by atoms with van der Waals surface area (Å²) in [6, 6.07) is 14.3. The lowest BCUT2D eigenvalue weighted by Crippen LogP contribution is -2.14. The molecule has 0 spiro atoms. The van der Waals surface area contributed by atoms with Gasteiger partial charge in [-0.3, -0.25) is 4.79 Å². The van der Waals surface area contributed by atoms with Gasteiger partial charge in [0.1, 0.15) is 0 Å². The minimum Gasteiger partial charge on any atom is -0.319 e. The molecular formula is C19H20N2OS. The quantitative estimate of drug-likeness (QED) is 0.719. The van der Waals surface area contributed by atoms with Crippen molar-refractivity contribution >= 4 is 27.5 Å². The van der Waals surface area contributed by atoms with E-state index in [-0.39, 0.29) is 5.91 Å². The van der Waals surface area contributed by atoms with Crippen LogP contribution in [0, 0.1) is 13.8 Å². The molecule has 1 aromatic heterocycles. The van der Waals surface area contributed by atoms with E-state index in [0.29, 0.717) is 6.42 Å². The van der Waals surface area contributed by atoms with Gasteiger partial charge in [0.2, 0.25) is 5.91 Å². The first-order chi connectivity index (χ1) is 11.1. The maximum Gasteiger partial charge on any atom is 0.248 e. The molecular weight excluding hydrogens is 304 g/mol. The predicted octanol–water partition coefficient (Wildman–Crippen LogP) is 3.92. The third kappa shape index (κ3) is 3.27. The minimum atomic E-state index is -0.0645. The highest BCUT2D eigenvalue weighted by atomic mass is 32.1. The molecule has 0 aliphatic heterocycles.